The van der Waals surface area contributed by atoms with E-state index in [4.69, 9.17) is 16.1 Å². The number of aromatic hydroxyl groups is 1. The van der Waals surface area contributed by atoms with Gasteiger partial charge in [-0.2, -0.15) is 5.26 Å². The third-order valence-corrected chi connectivity index (χ3v) is 1.78. The van der Waals surface area contributed by atoms with Crippen molar-refractivity contribution in [3.05, 3.63) is 29.3 Å². The van der Waals surface area contributed by atoms with E-state index < -0.39 is 6.04 Å². The Morgan fingerprint density at radius 2 is 2.14 bits per heavy atom. The van der Waals surface area contributed by atoms with Gasteiger partial charge in [-0.05, 0) is 6.07 Å². The molecular formula is C9H11ClN2O2. The van der Waals surface area contributed by atoms with Gasteiger partial charge in [-0.3, -0.25) is 0 Å². The first-order valence-corrected chi connectivity index (χ1v) is 3.79. The molecule has 0 bridgehead atoms. The first-order valence-electron chi connectivity index (χ1n) is 3.79. The van der Waals surface area contributed by atoms with Crippen molar-refractivity contribution < 1.29 is 10.2 Å². The Labute approximate surface area is 88.0 Å². The van der Waals surface area contributed by atoms with Gasteiger partial charge >= 0.3 is 0 Å². The van der Waals surface area contributed by atoms with E-state index in [2.05, 4.69) is 0 Å². The van der Waals surface area contributed by atoms with Crippen molar-refractivity contribution in [3.63, 3.8) is 0 Å². The number of rotatable bonds is 2. The molecule has 0 saturated heterocycles. The fourth-order valence-electron chi connectivity index (χ4n) is 1.05. The molecule has 1 aromatic rings. The summed E-state index contributed by atoms with van der Waals surface area (Å²) in [5.74, 6) is -0.147. The van der Waals surface area contributed by atoms with Crippen molar-refractivity contribution in [2.24, 2.45) is 5.73 Å². The number of nitrogens with two attached hydrogens (primary N) is 1. The number of nitrogens with zero attached hydrogens (tertiary/aromatic N) is 1. The number of halogens is 1. The fraction of sp³-hybridized carbons (Fsp3) is 0.222. The summed E-state index contributed by atoms with van der Waals surface area (Å²) in [5, 5.41) is 26.8. The smallest absolute Gasteiger partial charge is 0.138 e. The summed E-state index contributed by atoms with van der Waals surface area (Å²) >= 11 is 0. The summed E-state index contributed by atoms with van der Waals surface area (Å²) < 4.78 is 0. The van der Waals surface area contributed by atoms with Crippen molar-refractivity contribution >= 4 is 12.4 Å². The Kier molecular flexibility index (Phi) is 4.95. The monoisotopic (exact) mass is 214 g/mol. The molecule has 0 aromatic heterocycles. The maximum Gasteiger partial charge on any atom is 0.138 e. The minimum absolute atomic E-state index is 0. The molecule has 5 heteroatoms. The topological polar surface area (TPSA) is 90.3 Å². The minimum atomic E-state index is -0.645. The van der Waals surface area contributed by atoms with Crippen molar-refractivity contribution in [2.45, 2.75) is 6.04 Å². The van der Waals surface area contributed by atoms with Crippen LogP contribution in [0.25, 0.3) is 0 Å². The maximum atomic E-state index is 9.48. The highest BCUT2D eigenvalue weighted by molar-refractivity contribution is 5.85. The molecule has 0 fully saturated rings. The summed E-state index contributed by atoms with van der Waals surface area (Å²) in [4.78, 5) is 0. The molecule has 0 aliphatic rings. The summed E-state index contributed by atoms with van der Waals surface area (Å²) in [6.45, 7) is -0.261. The average Bonchev–Trinajstić information content (AvgIpc) is 2.17. The van der Waals surface area contributed by atoms with Crippen LogP contribution in [-0.2, 0) is 0 Å². The standard InChI is InChI=1S/C9H10N2O2.ClH/c10-4-6-2-1-3-7(9(6)13)8(11)5-12;/h1-3,8,12-13H,5,11H2;1H/t8-;/m0./s1. The Bertz CT molecular complexity index is 349. The Morgan fingerprint density at radius 3 is 2.64 bits per heavy atom. The van der Waals surface area contributed by atoms with Crippen LogP contribution >= 0.6 is 12.4 Å². The SMILES string of the molecule is Cl.N#Cc1cccc([C@@H](N)CO)c1O. The molecule has 4 nitrogen and oxygen atoms in total. The van der Waals surface area contributed by atoms with Crippen LogP contribution in [0.3, 0.4) is 0 Å². The van der Waals surface area contributed by atoms with E-state index >= 15 is 0 Å². The summed E-state index contributed by atoms with van der Waals surface area (Å²) in [5.41, 5.74) is 6.06. The highest BCUT2D eigenvalue weighted by Crippen LogP contribution is 2.25. The highest BCUT2D eigenvalue weighted by Gasteiger charge is 2.12. The quantitative estimate of drug-likeness (QED) is 0.675. The van der Waals surface area contributed by atoms with Gasteiger partial charge in [0.2, 0.25) is 0 Å². The summed E-state index contributed by atoms with van der Waals surface area (Å²) in [6, 6.07) is 5.87. The molecule has 1 aromatic carbocycles. The van der Waals surface area contributed by atoms with Crippen molar-refractivity contribution in [2.75, 3.05) is 6.61 Å². The molecule has 1 rings (SSSR count). The second-order valence-corrected chi connectivity index (χ2v) is 2.64. The summed E-state index contributed by atoms with van der Waals surface area (Å²) in [7, 11) is 0. The molecule has 0 amide bonds. The Morgan fingerprint density at radius 1 is 1.50 bits per heavy atom. The van der Waals surface area contributed by atoms with Crippen LogP contribution in [0.15, 0.2) is 18.2 Å². The molecule has 0 unspecified atom stereocenters. The number of hydrogen-bond acceptors (Lipinski definition) is 4. The van der Waals surface area contributed by atoms with Gasteiger partial charge in [0.1, 0.15) is 11.8 Å². The minimum Gasteiger partial charge on any atom is -0.506 e. The molecule has 0 aliphatic carbocycles. The number of phenols is 1. The Balaban J connectivity index is 0.00000169. The lowest BCUT2D eigenvalue weighted by Crippen LogP contribution is -2.14. The van der Waals surface area contributed by atoms with Gasteiger partial charge in [-0.25, -0.2) is 0 Å². The van der Waals surface area contributed by atoms with E-state index in [0.717, 1.165) is 0 Å². The van der Waals surface area contributed by atoms with Gasteiger partial charge in [0, 0.05) is 5.56 Å². The predicted octanol–water partition coefficient (Wildman–Crippen LogP) is 0.678. The Hall–Kier alpha value is -1.28. The lowest BCUT2D eigenvalue weighted by atomic mass is 10.0. The number of aliphatic hydroxyl groups is 1. The molecule has 1 atom stereocenters. The molecule has 0 saturated carbocycles. The third kappa shape index (κ3) is 2.36. The molecule has 4 N–H and O–H groups in total. The number of benzene rings is 1. The molecule has 0 heterocycles. The lowest BCUT2D eigenvalue weighted by Gasteiger charge is -2.10. The predicted molar refractivity (Wildman–Crippen MR) is 54.1 cm³/mol. The van der Waals surface area contributed by atoms with E-state index in [1.165, 1.54) is 6.07 Å². The van der Waals surface area contributed by atoms with Crippen LogP contribution in [0.2, 0.25) is 0 Å². The zero-order valence-electron chi connectivity index (χ0n) is 7.34. The van der Waals surface area contributed by atoms with E-state index in [-0.39, 0.29) is 30.3 Å². The van der Waals surface area contributed by atoms with Crippen LogP contribution in [0.5, 0.6) is 5.75 Å². The van der Waals surface area contributed by atoms with Crippen molar-refractivity contribution in [1.29, 1.82) is 5.26 Å². The van der Waals surface area contributed by atoms with Gasteiger partial charge < -0.3 is 15.9 Å². The second kappa shape index (κ2) is 5.45. The van der Waals surface area contributed by atoms with Gasteiger partial charge in [0.25, 0.3) is 0 Å². The van der Waals surface area contributed by atoms with Crippen LogP contribution < -0.4 is 5.73 Å². The molecule has 76 valence electrons. The zero-order chi connectivity index (χ0) is 9.84. The maximum absolute atomic E-state index is 9.48. The van der Waals surface area contributed by atoms with Gasteiger partial charge in [-0.1, -0.05) is 12.1 Å². The van der Waals surface area contributed by atoms with Crippen LogP contribution in [0.4, 0.5) is 0 Å². The summed E-state index contributed by atoms with van der Waals surface area (Å²) in [6.07, 6.45) is 0. The normalized spacial score (nSPS) is 11.2. The fourth-order valence-corrected chi connectivity index (χ4v) is 1.05. The van der Waals surface area contributed by atoms with E-state index in [1.54, 1.807) is 12.1 Å². The number of para-hydroxylation sites is 1. The van der Waals surface area contributed by atoms with E-state index in [9.17, 15) is 5.11 Å². The number of phenolic OH excluding ortho intramolecular Hbond substituents is 1. The van der Waals surface area contributed by atoms with Crippen molar-refractivity contribution in [3.8, 4) is 11.8 Å². The number of nitriles is 1. The second-order valence-electron chi connectivity index (χ2n) is 2.64. The average molecular weight is 215 g/mol. The van der Waals surface area contributed by atoms with E-state index in [0.29, 0.717) is 5.56 Å². The molecule has 0 radical (unpaired) electrons. The molecule has 14 heavy (non-hydrogen) atoms. The van der Waals surface area contributed by atoms with Gasteiger partial charge in [0.15, 0.2) is 0 Å². The molecule has 0 aliphatic heterocycles. The van der Waals surface area contributed by atoms with Gasteiger partial charge in [0.05, 0.1) is 18.2 Å². The van der Waals surface area contributed by atoms with Gasteiger partial charge in [-0.15, -0.1) is 12.4 Å². The first kappa shape index (κ1) is 12.7. The zero-order valence-corrected chi connectivity index (χ0v) is 8.16. The molecule has 0 spiro atoms. The van der Waals surface area contributed by atoms with Crippen LogP contribution in [0, 0.1) is 11.3 Å². The lowest BCUT2D eigenvalue weighted by molar-refractivity contribution is 0.265. The third-order valence-electron chi connectivity index (χ3n) is 1.78. The first-order chi connectivity index (χ1) is 6.20. The van der Waals surface area contributed by atoms with Crippen LogP contribution in [0.1, 0.15) is 17.2 Å². The number of hydrogen-bond donors (Lipinski definition) is 3. The molecular weight excluding hydrogens is 204 g/mol. The largest absolute Gasteiger partial charge is 0.506 e. The van der Waals surface area contributed by atoms with E-state index in [1.807, 2.05) is 6.07 Å². The number of aliphatic hydroxyl groups excluding tert-OH is 1. The van der Waals surface area contributed by atoms with Crippen molar-refractivity contribution in [1.82, 2.24) is 0 Å². The van der Waals surface area contributed by atoms with Crippen LogP contribution in [-0.4, -0.2) is 16.8 Å². The highest BCUT2D eigenvalue weighted by atomic mass is 35.5.